The van der Waals surface area contributed by atoms with Gasteiger partial charge < -0.3 is 0 Å². The fourth-order valence-electron chi connectivity index (χ4n) is 3.54. The van der Waals surface area contributed by atoms with Crippen LogP contribution in [0.15, 0.2) is 24.3 Å². The van der Waals surface area contributed by atoms with Crippen LogP contribution in [-0.4, -0.2) is 29.3 Å². The summed E-state index contributed by atoms with van der Waals surface area (Å²) in [5, 5.41) is 0.796. The number of ketones is 1. The van der Waals surface area contributed by atoms with Gasteiger partial charge >= 0.3 is 0 Å². The molecule has 2 bridgehead atoms. The van der Waals surface area contributed by atoms with Gasteiger partial charge in [0.1, 0.15) is 5.78 Å². The lowest BCUT2D eigenvalue weighted by Crippen LogP contribution is -2.52. The smallest absolute Gasteiger partial charge is 0.136 e. The Labute approximate surface area is 119 Å². The first-order chi connectivity index (χ1) is 9.22. The van der Waals surface area contributed by atoms with Gasteiger partial charge in [-0.1, -0.05) is 30.2 Å². The van der Waals surface area contributed by atoms with Gasteiger partial charge in [-0.3, -0.25) is 9.69 Å². The van der Waals surface area contributed by atoms with Gasteiger partial charge in [0.2, 0.25) is 0 Å². The van der Waals surface area contributed by atoms with Crippen molar-refractivity contribution in [3.8, 4) is 0 Å². The van der Waals surface area contributed by atoms with Gasteiger partial charge in [0.15, 0.2) is 0 Å². The standard InChI is InChI=1S/C16H20ClNO/c17-13-6-4-12(5-7-13)8-9-18-14-2-1-3-15(18)11-16(19)10-14/h4-7,14-15H,1-3,8-11H2. The van der Waals surface area contributed by atoms with E-state index in [-0.39, 0.29) is 0 Å². The predicted octanol–water partition coefficient (Wildman–Crippen LogP) is 3.47. The summed E-state index contributed by atoms with van der Waals surface area (Å²) in [6.45, 7) is 1.07. The molecule has 2 nitrogen and oxygen atoms in total. The second kappa shape index (κ2) is 5.64. The molecule has 102 valence electrons. The Morgan fingerprint density at radius 3 is 2.37 bits per heavy atom. The average Bonchev–Trinajstić information content (AvgIpc) is 2.38. The first-order valence-corrected chi connectivity index (χ1v) is 7.62. The Morgan fingerprint density at radius 1 is 1.11 bits per heavy atom. The molecule has 0 aromatic heterocycles. The van der Waals surface area contributed by atoms with E-state index in [1.54, 1.807) is 0 Å². The van der Waals surface area contributed by atoms with Crippen LogP contribution in [0.3, 0.4) is 0 Å². The number of piperidine rings is 2. The van der Waals surface area contributed by atoms with E-state index in [0.29, 0.717) is 17.9 Å². The van der Waals surface area contributed by atoms with Crippen molar-refractivity contribution in [3.05, 3.63) is 34.9 Å². The summed E-state index contributed by atoms with van der Waals surface area (Å²) >= 11 is 5.91. The van der Waals surface area contributed by atoms with E-state index in [4.69, 9.17) is 11.6 Å². The predicted molar refractivity (Wildman–Crippen MR) is 77.5 cm³/mol. The molecule has 2 atom stereocenters. The number of carbonyl (C=O) groups is 1. The average molecular weight is 278 g/mol. The van der Waals surface area contributed by atoms with Crippen molar-refractivity contribution in [2.45, 2.75) is 50.6 Å². The molecule has 0 saturated carbocycles. The van der Waals surface area contributed by atoms with Crippen LogP contribution in [0.5, 0.6) is 0 Å². The molecule has 2 fully saturated rings. The fraction of sp³-hybridized carbons (Fsp3) is 0.562. The zero-order chi connectivity index (χ0) is 13.2. The first-order valence-electron chi connectivity index (χ1n) is 7.24. The summed E-state index contributed by atoms with van der Waals surface area (Å²) in [6.07, 6.45) is 6.29. The quantitative estimate of drug-likeness (QED) is 0.843. The number of Topliss-reactive ketones (excluding diaryl/α,β-unsaturated/α-hetero) is 1. The van der Waals surface area contributed by atoms with E-state index in [0.717, 1.165) is 30.8 Å². The number of hydrogen-bond donors (Lipinski definition) is 0. The maximum Gasteiger partial charge on any atom is 0.136 e. The van der Waals surface area contributed by atoms with E-state index >= 15 is 0 Å². The summed E-state index contributed by atoms with van der Waals surface area (Å²) in [6, 6.07) is 9.13. The third-order valence-electron chi connectivity index (χ3n) is 4.51. The highest BCUT2D eigenvalue weighted by molar-refractivity contribution is 6.30. The zero-order valence-electron chi connectivity index (χ0n) is 11.1. The monoisotopic (exact) mass is 277 g/mol. The maximum atomic E-state index is 11.7. The molecule has 0 N–H and O–H groups in total. The van der Waals surface area contributed by atoms with E-state index in [9.17, 15) is 4.79 Å². The number of halogens is 1. The molecule has 0 spiro atoms. The van der Waals surface area contributed by atoms with Crippen molar-refractivity contribution in [2.75, 3.05) is 6.54 Å². The Balaban J connectivity index is 1.63. The van der Waals surface area contributed by atoms with Crippen molar-refractivity contribution < 1.29 is 4.79 Å². The van der Waals surface area contributed by atoms with Crippen LogP contribution >= 0.6 is 11.6 Å². The van der Waals surface area contributed by atoms with Crippen LogP contribution in [0.4, 0.5) is 0 Å². The number of fused-ring (bicyclic) bond motifs is 2. The van der Waals surface area contributed by atoms with Crippen LogP contribution in [0.1, 0.15) is 37.7 Å². The van der Waals surface area contributed by atoms with Gasteiger partial charge in [-0.15, -0.1) is 0 Å². The normalized spacial score (nSPS) is 27.5. The minimum atomic E-state index is 0.470. The van der Waals surface area contributed by atoms with Crippen LogP contribution in [0.25, 0.3) is 0 Å². The molecule has 19 heavy (non-hydrogen) atoms. The van der Waals surface area contributed by atoms with Crippen LogP contribution in [-0.2, 0) is 11.2 Å². The number of hydrogen-bond acceptors (Lipinski definition) is 2. The summed E-state index contributed by atoms with van der Waals surface area (Å²) in [4.78, 5) is 14.3. The number of carbonyl (C=O) groups excluding carboxylic acids is 1. The highest BCUT2D eigenvalue weighted by Gasteiger charge is 2.36. The number of nitrogens with zero attached hydrogens (tertiary/aromatic N) is 1. The second-order valence-corrected chi connectivity index (χ2v) is 6.24. The molecule has 3 heteroatoms. The highest BCUT2D eigenvalue weighted by atomic mass is 35.5. The largest absolute Gasteiger partial charge is 0.300 e. The molecule has 2 saturated heterocycles. The Hall–Kier alpha value is -0.860. The summed E-state index contributed by atoms with van der Waals surface area (Å²) in [7, 11) is 0. The third kappa shape index (κ3) is 3.01. The Bertz CT molecular complexity index is 440. The van der Waals surface area contributed by atoms with Crippen LogP contribution < -0.4 is 0 Å². The fourth-order valence-corrected chi connectivity index (χ4v) is 3.67. The summed E-state index contributed by atoms with van der Waals surface area (Å²) < 4.78 is 0. The molecular weight excluding hydrogens is 258 g/mol. The van der Waals surface area contributed by atoms with Crippen LogP contribution in [0, 0.1) is 0 Å². The molecule has 2 heterocycles. The van der Waals surface area contributed by atoms with Crippen molar-refractivity contribution in [2.24, 2.45) is 0 Å². The molecule has 2 aliphatic rings. The lowest BCUT2D eigenvalue weighted by Gasteiger charge is -2.45. The summed E-state index contributed by atoms with van der Waals surface area (Å²) in [5.41, 5.74) is 1.33. The topological polar surface area (TPSA) is 20.3 Å². The minimum absolute atomic E-state index is 0.470. The highest BCUT2D eigenvalue weighted by Crippen LogP contribution is 2.32. The van der Waals surface area contributed by atoms with Crippen molar-refractivity contribution in [1.29, 1.82) is 0 Å². The van der Waals surface area contributed by atoms with E-state index in [1.807, 2.05) is 12.1 Å². The lowest BCUT2D eigenvalue weighted by molar-refractivity contribution is -0.127. The van der Waals surface area contributed by atoms with Crippen LogP contribution in [0.2, 0.25) is 5.02 Å². The van der Waals surface area contributed by atoms with E-state index < -0.39 is 0 Å². The molecule has 3 rings (SSSR count). The molecule has 0 amide bonds. The van der Waals surface area contributed by atoms with Crippen molar-refractivity contribution in [1.82, 2.24) is 4.90 Å². The second-order valence-electron chi connectivity index (χ2n) is 5.80. The molecule has 0 radical (unpaired) electrons. The lowest BCUT2D eigenvalue weighted by atomic mass is 9.83. The summed E-state index contributed by atoms with van der Waals surface area (Å²) in [5.74, 6) is 0.470. The maximum absolute atomic E-state index is 11.7. The van der Waals surface area contributed by atoms with Crippen molar-refractivity contribution in [3.63, 3.8) is 0 Å². The van der Waals surface area contributed by atoms with Crippen molar-refractivity contribution >= 4 is 17.4 Å². The molecule has 2 unspecified atom stereocenters. The molecule has 2 aliphatic heterocycles. The first kappa shape index (κ1) is 13.1. The molecule has 0 aliphatic carbocycles. The Morgan fingerprint density at radius 2 is 1.74 bits per heavy atom. The van der Waals surface area contributed by atoms with Gasteiger partial charge in [-0.2, -0.15) is 0 Å². The Kier molecular flexibility index (Phi) is 3.90. The van der Waals surface area contributed by atoms with E-state index in [2.05, 4.69) is 17.0 Å². The number of rotatable bonds is 3. The number of benzene rings is 1. The minimum Gasteiger partial charge on any atom is -0.300 e. The zero-order valence-corrected chi connectivity index (χ0v) is 11.9. The third-order valence-corrected chi connectivity index (χ3v) is 4.76. The van der Waals surface area contributed by atoms with Gasteiger partial charge in [-0.25, -0.2) is 0 Å². The van der Waals surface area contributed by atoms with Gasteiger partial charge in [-0.05, 0) is 37.0 Å². The van der Waals surface area contributed by atoms with E-state index in [1.165, 1.54) is 24.8 Å². The van der Waals surface area contributed by atoms with Gasteiger partial charge in [0.05, 0.1) is 0 Å². The molecule has 1 aromatic carbocycles. The van der Waals surface area contributed by atoms with Gasteiger partial charge in [0.25, 0.3) is 0 Å². The van der Waals surface area contributed by atoms with Gasteiger partial charge in [0, 0.05) is 36.5 Å². The molecular formula is C16H20ClNO. The molecule has 1 aromatic rings. The SMILES string of the molecule is O=C1CC2CCCC(C1)N2CCc1ccc(Cl)cc1.